The first-order valence-corrected chi connectivity index (χ1v) is 7.65. The summed E-state index contributed by atoms with van der Waals surface area (Å²) in [7, 11) is 0. The van der Waals surface area contributed by atoms with E-state index in [1.165, 1.54) is 0 Å². The van der Waals surface area contributed by atoms with Gasteiger partial charge in [0.05, 0.1) is 6.42 Å². The van der Waals surface area contributed by atoms with Crippen molar-refractivity contribution in [2.45, 2.75) is 25.8 Å². The summed E-state index contributed by atoms with van der Waals surface area (Å²) in [6.45, 7) is 1.79. The lowest BCUT2D eigenvalue weighted by Gasteiger charge is -2.13. The average Bonchev–Trinajstić information content (AvgIpc) is 3.13. The SMILES string of the molecule is Cc1ccc(CC(=O)NC(Cc2c[nH]c3ccccc23)C(=O)O)o1. The second-order valence-electron chi connectivity index (χ2n) is 5.71. The number of hydrogen-bond donors (Lipinski definition) is 3. The molecule has 1 atom stereocenters. The van der Waals surface area contributed by atoms with E-state index in [0.717, 1.165) is 16.5 Å². The summed E-state index contributed by atoms with van der Waals surface area (Å²) in [5, 5.41) is 12.9. The van der Waals surface area contributed by atoms with Crippen LogP contribution in [0.25, 0.3) is 10.9 Å². The third-order valence-electron chi connectivity index (χ3n) is 3.86. The maximum atomic E-state index is 12.1. The lowest BCUT2D eigenvalue weighted by atomic mass is 10.0. The number of para-hydroxylation sites is 1. The first kappa shape index (κ1) is 15.9. The number of carboxylic acids is 1. The number of carboxylic acid groups (broad SMARTS) is 1. The van der Waals surface area contributed by atoms with Crippen molar-refractivity contribution in [3.63, 3.8) is 0 Å². The maximum Gasteiger partial charge on any atom is 0.326 e. The Morgan fingerprint density at radius 2 is 2.04 bits per heavy atom. The lowest BCUT2D eigenvalue weighted by Crippen LogP contribution is -2.42. The normalized spacial score (nSPS) is 12.2. The molecule has 6 heteroatoms. The van der Waals surface area contributed by atoms with Gasteiger partial charge in [0.1, 0.15) is 17.6 Å². The minimum absolute atomic E-state index is 0.0193. The topological polar surface area (TPSA) is 95.3 Å². The van der Waals surface area contributed by atoms with E-state index in [-0.39, 0.29) is 18.7 Å². The van der Waals surface area contributed by atoms with Gasteiger partial charge in [-0.3, -0.25) is 4.79 Å². The van der Waals surface area contributed by atoms with E-state index in [1.807, 2.05) is 24.3 Å². The predicted molar refractivity (Wildman–Crippen MR) is 88.7 cm³/mol. The number of aromatic amines is 1. The molecule has 0 saturated carbocycles. The molecule has 3 aromatic rings. The summed E-state index contributed by atoms with van der Waals surface area (Å²) < 4.78 is 5.35. The van der Waals surface area contributed by atoms with Crippen LogP contribution in [0, 0.1) is 6.92 Å². The lowest BCUT2D eigenvalue weighted by molar-refractivity contribution is -0.141. The maximum absolute atomic E-state index is 12.1. The summed E-state index contributed by atoms with van der Waals surface area (Å²) in [5.41, 5.74) is 1.79. The highest BCUT2D eigenvalue weighted by atomic mass is 16.4. The van der Waals surface area contributed by atoms with Crippen LogP contribution in [0.3, 0.4) is 0 Å². The number of aryl methyl sites for hydroxylation is 1. The highest BCUT2D eigenvalue weighted by molar-refractivity contribution is 5.87. The minimum atomic E-state index is -1.07. The van der Waals surface area contributed by atoms with Gasteiger partial charge in [0.2, 0.25) is 5.91 Å². The molecule has 0 aliphatic rings. The fourth-order valence-corrected chi connectivity index (χ4v) is 2.70. The molecule has 0 aliphatic heterocycles. The Hall–Kier alpha value is -3.02. The van der Waals surface area contributed by atoms with Gasteiger partial charge >= 0.3 is 5.97 Å². The third kappa shape index (κ3) is 3.48. The minimum Gasteiger partial charge on any atom is -0.480 e. The predicted octanol–water partition coefficient (Wildman–Crippen LogP) is 2.42. The molecule has 0 radical (unpaired) electrons. The van der Waals surface area contributed by atoms with Gasteiger partial charge in [-0.25, -0.2) is 4.79 Å². The van der Waals surface area contributed by atoms with Gasteiger partial charge in [0.15, 0.2) is 0 Å². The molecule has 0 bridgehead atoms. The van der Waals surface area contributed by atoms with Crippen LogP contribution < -0.4 is 5.32 Å². The summed E-state index contributed by atoms with van der Waals surface area (Å²) in [5.74, 6) is -0.214. The number of carbonyl (C=O) groups excluding carboxylic acids is 1. The molecule has 124 valence electrons. The van der Waals surface area contributed by atoms with Gasteiger partial charge in [0.25, 0.3) is 0 Å². The molecule has 0 aliphatic carbocycles. The van der Waals surface area contributed by atoms with Gasteiger partial charge in [0, 0.05) is 23.5 Å². The Kier molecular flexibility index (Phi) is 4.37. The second-order valence-corrected chi connectivity index (χ2v) is 5.71. The highest BCUT2D eigenvalue weighted by Crippen LogP contribution is 2.19. The molecular weight excluding hydrogens is 308 g/mol. The molecule has 2 aromatic heterocycles. The fraction of sp³-hybridized carbons (Fsp3) is 0.222. The Balaban J connectivity index is 1.70. The molecule has 24 heavy (non-hydrogen) atoms. The summed E-state index contributed by atoms with van der Waals surface area (Å²) >= 11 is 0. The molecule has 3 rings (SSSR count). The third-order valence-corrected chi connectivity index (χ3v) is 3.86. The standard InChI is InChI=1S/C18H18N2O4/c1-11-6-7-13(24-11)9-17(21)20-16(18(22)23)8-12-10-19-15-5-3-2-4-14(12)15/h2-7,10,16,19H,8-9H2,1H3,(H,20,21)(H,22,23). The van der Waals surface area contributed by atoms with Crippen LogP contribution in [-0.4, -0.2) is 28.0 Å². The van der Waals surface area contributed by atoms with E-state index in [2.05, 4.69) is 10.3 Å². The number of aromatic nitrogens is 1. The van der Waals surface area contributed by atoms with Gasteiger partial charge < -0.3 is 19.8 Å². The molecule has 1 aromatic carbocycles. The number of furan rings is 1. The molecule has 1 amide bonds. The van der Waals surface area contributed by atoms with Crippen LogP contribution >= 0.6 is 0 Å². The second kappa shape index (κ2) is 6.62. The Morgan fingerprint density at radius 3 is 2.75 bits per heavy atom. The number of aliphatic carboxylic acids is 1. The molecule has 2 heterocycles. The Bertz CT molecular complexity index is 878. The van der Waals surface area contributed by atoms with Crippen LogP contribution in [0.15, 0.2) is 47.0 Å². The first-order valence-electron chi connectivity index (χ1n) is 7.65. The van der Waals surface area contributed by atoms with E-state index in [0.29, 0.717) is 11.5 Å². The van der Waals surface area contributed by atoms with Crippen molar-refractivity contribution >= 4 is 22.8 Å². The first-order chi connectivity index (χ1) is 11.5. The van der Waals surface area contributed by atoms with Crippen molar-refractivity contribution in [3.05, 3.63) is 59.7 Å². The Morgan fingerprint density at radius 1 is 1.25 bits per heavy atom. The smallest absolute Gasteiger partial charge is 0.326 e. The molecule has 0 saturated heterocycles. The molecule has 1 unspecified atom stereocenters. The van der Waals surface area contributed by atoms with Crippen molar-refractivity contribution in [2.24, 2.45) is 0 Å². The van der Waals surface area contributed by atoms with Gasteiger partial charge in [-0.2, -0.15) is 0 Å². The van der Waals surface area contributed by atoms with Crippen LogP contribution in [0.1, 0.15) is 17.1 Å². The number of hydrogen-bond acceptors (Lipinski definition) is 3. The molecule has 6 nitrogen and oxygen atoms in total. The van der Waals surface area contributed by atoms with Crippen molar-refractivity contribution in [1.82, 2.24) is 10.3 Å². The van der Waals surface area contributed by atoms with Crippen molar-refractivity contribution < 1.29 is 19.1 Å². The highest BCUT2D eigenvalue weighted by Gasteiger charge is 2.22. The largest absolute Gasteiger partial charge is 0.480 e. The van der Waals surface area contributed by atoms with Gasteiger partial charge in [-0.15, -0.1) is 0 Å². The molecule has 0 fully saturated rings. The van der Waals surface area contributed by atoms with Crippen LogP contribution in [0.5, 0.6) is 0 Å². The van der Waals surface area contributed by atoms with E-state index in [9.17, 15) is 14.7 Å². The monoisotopic (exact) mass is 326 g/mol. The van der Waals surface area contributed by atoms with Crippen LogP contribution in [0.4, 0.5) is 0 Å². The van der Waals surface area contributed by atoms with Crippen molar-refractivity contribution in [1.29, 1.82) is 0 Å². The van der Waals surface area contributed by atoms with Crippen molar-refractivity contribution in [3.8, 4) is 0 Å². The number of H-pyrrole nitrogens is 1. The fourth-order valence-electron chi connectivity index (χ4n) is 2.70. The van der Waals surface area contributed by atoms with Gasteiger partial charge in [-0.1, -0.05) is 18.2 Å². The number of rotatable bonds is 6. The summed E-state index contributed by atoms with van der Waals surface area (Å²) in [6.07, 6.45) is 2.01. The van der Waals surface area contributed by atoms with Gasteiger partial charge in [-0.05, 0) is 30.7 Å². The molecule has 3 N–H and O–H groups in total. The molecule has 0 spiro atoms. The van der Waals surface area contributed by atoms with E-state index < -0.39 is 12.0 Å². The number of benzene rings is 1. The quantitative estimate of drug-likeness (QED) is 0.648. The zero-order chi connectivity index (χ0) is 17.1. The number of fused-ring (bicyclic) bond motifs is 1. The summed E-state index contributed by atoms with van der Waals surface area (Å²) in [4.78, 5) is 26.7. The number of amides is 1. The van der Waals surface area contributed by atoms with Crippen molar-refractivity contribution in [2.75, 3.05) is 0 Å². The van der Waals surface area contributed by atoms with Crippen LogP contribution in [0.2, 0.25) is 0 Å². The zero-order valence-corrected chi connectivity index (χ0v) is 13.2. The summed E-state index contributed by atoms with van der Waals surface area (Å²) in [6, 6.07) is 10.1. The average molecular weight is 326 g/mol. The zero-order valence-electron chi connectivity index (χ0n) is 13.2. The number of nitrogens with one attached hydrogen (secondary N) is 2. The van der Waals surface area contributed by atoms with E-state index in [4.69, 9.17) is 4.42 Å². The van der Waals surface area contributed by atoms with Crippen LogP contribution in [-0.2, 0) is 22.4 Å². The van der Waals surface area contributed by atoms with E-state index in [1.54, 1.807) is 25.3 Å². The molecular formula is C18H18N2O4. The Labute approximate surface area is 138 Å². The van der Waals surface area contributed by atoms with E-state index >= 15 is 0 Å². The number of carbonyl (C=O) groups is 2.